The van der Waals surface area contributed by atoms with Crippen LogP contribution in [0.25, 0.3) is 11.1 Å². The van der Waals surface area contributed by atoms with Crippen molar-refractivity contribution in [2.24, 2.45) is 0 Å². The molecule has 1 aliphatic heterocycles. The summed E-state index contributed by atoms with van der Waals surface area (Å²) in [6.07, 6.45) is 7.27. The Kier molecular flexibility index (Phi) is 5.72. The number of aromatic nitrogens is 3. The number of nitrogens with zero attached hydrogens (tertiary/aromatic N) is 3. The molecular formula is C25H22N4O4. The Labute approximate surface area is 190 Å². The molecule has 1 N–H and O–H groups in total. The van der Waals surface area contributed by atoms with Gasteiger partial charge in [-0.3, -0.25) is 14.8 Å². The second-order valence-corrected chi connectivity index (χ2v) is 7.80. The molecule has 1 amide bonds. The molecule has 0 saturated carbocycles. The average Bonchev–Trinajstić information content (AvgIpc) is 3.28. The van der Waals surface area contributed by atoms with Crippen LogP contribution in [0.1, 0.15) is 27.4 Å². The summed E-state index contributed by atoms with van der Waals surface area (Å²) in [5.74, 6) is 2.02. The zero-order valence-corrected chi connectivity index (χ0v) is 18.0. The van der Waals surface area contributed by atoms with Gasteiger partial charge in [0.15, 0.2) is 0 Å². The van der Waals surface area contributed by atoms with Gasteiger partial charge in [0, 0.05) is 48.4 Å². The molecule has 1 aromatic carbocycles. The lowest BCUT2D eigenvalue weighted by atomic mass is 9.92. The maximum atomic E-state index is 12.7. The molecule has 8 heteroatoms. The van der Waals surface area contributed by atoms with Crippen LogP contribution in [0.15, 0.2) is 71.8 Å². The molecular weight excluding hydrogens is 420 g/mol. The predicted molar refractivity (Wildman–Crippen MR) is 120 cm³/mol. The highest BCUT2D eigenvalue weighted by Crippen LogP contribution is 2.41. The predicted octanol–water partition coefficient (Wildman–Crippen LogP) is 3.75. The number of ether oxygens (including phenoxy) is 2. The van der Waals surface area contributed by atoms with Crippen LogP contribution in [0, 0.1) is 6.92 Å². The van der Waals surface area contributed by atoms with Gasteiger partial charge < -0.3 is 19.3 Å². The highest BCUT2D eigenvalue weighted by Gasteiger charge is 2.27. The number of benzene rings is 1. The molecule has 1 aliphatic rings. The van der Waals surface area contributed by atoms with Crippen LogP contribution < -0.4 is 14.8 Å². The first kappa shape index (κ1) is 20.7. The normalized spacial score (nSPS) is 14.8. The van der Waals surface area contributed by atoms with Crippen LogP contribution in [0.4, 0.5) is 0 Å². The maximum absolute atomic E-state index is 12.7. The smallest absolute Gasteiger partial charge is 0.253 e. The zero-order valence-electron chi connectivity index (χ0n) is 18.0. The van der Waals surface area contributed by atoms with Crippen LogP contribution in [0.3, 0.4) is 0 Å². The van der Waals surface area contributed by atoms with Crippen LogP contribution in [0.2, 0.25) is 0 Å². The standard InChI is InChI=1S/C25H22N4O4/c1-16-11-20(29-33-16)15-32-23-5-4-22-21(24(23)17-6-9-26-10-7-17)12-19(14-31-22)28-25(30)18-3-2-8-27-13-18/h2-11,13,19H,12,14-15H2,1H3,(H,28,30)/t19-/m0/s1. The molecule has 4 heterocycles. The van der Waals surface area contributed by atoms with Crippen molar-refractivity contribution in [3.63, 3.8) is 0 Å². The van der Waals surface area contributed by atoms with Crippen molar-refractivity contribution in [2.75, 3.05) is 6.61 Å². The number of nitrogens with one attached hydrogen (secondary N) is 1. The maximum Gasteiger partial charge on any atom is 0.253 e. The van der Waals surface area contributed by atoms with Gasteiger partial charge in [0.2, 0.25) is 0 Å². The fourth-order valence-electron chi connectivity index (χ4n) is 3.89. The first-order valence-electron chi connectivity index (χ1n) is 10.6. The van der Waals surface area contributed by atoms with Gasteiger partial charge in [-0.15, -0.1) is 0 Å². The molecule has 33 heavy (non-hydrogen) atoms. The van der Waals surface area contributed by atoms with E-state index in [-0.39, 0.29) is 18.6 Å². The van der Waals surface area contributed by atoms with E-state index < -0.39 is 0 Å². The van der Waals surface area contributed by atoms with Crippen LogP contribution in [-0.4, -0.2) is 33.7 Å². The van der Waals surface area contributed by atoms with E-state index in [0.29, 0.717) is 30.0 Å². The summed E-state index contributed by atoms with van der Waals surface area (Å²) < 4.78 is 17.3. The van der Waals surface area contributed by atoms with E-state index in [4.69, 9.17) is 14.0 Å². The number of hydrogen-bond acceptors (Lipinski definition) is 7. The number of aryl methyl sites for hydroxylation is 1. The number of amides is 1. The summed E-state index contributed by atoms with van der Waals surface area (Å²) in [7, 11) is 0. The molecule has 0 bridgehead atoms. The highest BCUT2D eigenvalue weighted by atomic mass is 16.5. The minimum absolute atomic E-state index is 0.181. The molecule has 166 valence electrons. The highest BCUT2D eigenvalue weighted by molar-refractivity contribution is 5.94. The Morgan fingerprint density at radius 2 is 2.03 bits per heavy atom. The number of hydrogen-bond donors (Lipinski definition) is 1. The van der Waals surface area contributed by atoms with Crippen molar-refractivity contribution in [3.05, 3.63) is 89.8 Å². The lowest BCUT2D eigenvalue weighted by Crippen LogP contribution is -2.42. The molecule has 4 aromatic rings. The molecule has 0 radical (unpaired) electrons. The van der Waals surface area contributed by atoms with E-state index in [2.05, 4.69) is 20.4 Å². The molecule has 0 spiro atoms. The van der Waals surface area contributed by atoms with Crippen molar-refractivity contribution in [2.45, 2.75) is 26.0 Å². The number of carbonyl (C=O) groups excluding carboxylic acids is 1. The van der Waals surface area contributed by atoms with E-state index in [1.165, 1.54) is 0 Å². The summed E-state index contributed by atoms with van der Waals surface area (Å²) in [6, 6.07) is 12.8. The second-order valence-electron chi connectivity index (χ2n) is 7.80. The molecule has 0 aliphatic carbocycles. The topological polar surface area (TPSA) is 99.4 Å². The first-order valence-corrected chi connectivity index (χ1v) is 10.6. The number of rotatable bonds is 6. The van der Waals surface area contributed by atoms with E-state index in [1.807, 2.05) is 37.3 Å². The molecule has 5 rings (SSSR count). The Bertz CT molecular complexity index is 1260. The molecule has 0 fully saturated rings. The first-order chi connectivity index (χ1) is 16.2. The Morgan fingerprint density at radius 1 is 1.15 bits per heavy atom. The third-order valence-electron chi connectivity index (χ3n) is 5.40. The lowest BCUT2D eigenvalue weighted by molar-refractivity contribution is 0.0915. The second kappa shape index (κ2) is 9.12. The van der Waals surface area contributed by atoms with Crippen LogP contribution in [0.5, 0.6) is 11.5 Å². The summed E-state index contributed by atoms with van der Waals surface area (Å²) in [5.41, 5.74) is 4.06. The van der Waals surface area contributed by atoms with Crippen molar-refractivity contribution >= 4 is 5.91 Å². The van der Waals surface area contributed by atoms with Gasteiger partial charge >= 0.3 is 0 Å². The third kappa shape index (κ3) is 4.55. The summed E-state index contributed by atoms with van der Waals surface area (Å²) >= 11 is 0. The van der Waals surface area contributed by atoms with Crippen LogP contribution >= 0.6 is 0 Å². The van der Waals surface area contributed by atoms with E-state index >= 15 is 0 Å². The molecule has 0 unspecified atom stereocenters. The summed E-state index contributed by atoms with van der Waals surface area (Å²) in [4.78, 5) is 20.8. The Balaban J connectivity index is 1.44. The van der Waals surface area contributed by atoms with Gasteiger partial charge in [-0.05, 0) is 48.9 Å². The minimum Gasteiger partial charge on any atom is -0.491 e. The lowest BCUT2D eigenvalue weighted by Gasteiger charge is -2.29. The Morgan fingerprint density at radius 3 is 2.79 bits per heavy atom. The molecule has 3 aromatic heterocycles. The van der Waals surface area contributed by atoms with Gasteiger partial charge in [0.1, 0.15) is 36.2 Å². The van der Waals surface area contributed by atoms with E-state index in [1.54, 1.807) is 36.9 Å². The molecule has 0 saturated heterocycles. The van der Waals surface area contributed by atoms with Crippen LogP contribution in [-0.2, 0) is 13.0 Å². The van der Waals surface area contributed by atoms with Crippen molar-refractivity contribution in [3.8, 4) is 22.6 Å². The van der Waals surface area contributed by atoms with Crippen molar-refractivity contribution < 1.29 is 18.8 Å². The van der Waals surface area contributed by atoms with Gasteiger partial charge in [0.25, 0.3) is 5.91 Å². The SMILES string of the molecule is Cc1cc(COc2ccc3c(c2-c2ccncc2)C[C@H](NC(=O)c2cccnc2)CO3)no1. The number of pyridine rings is 2. The Hall–Kier alpha value is -4.20. The van der Waals surface area contributed by atoms with Crippen molar-refractivity contribution in [1.29, 1.82) is 0 Å². The summed E-state index contributed by atoms with van der Waals surface area (Å²) in [6.45, 7) is 2.50. The van der Waals surface area contributed by atoms with E-state index in [0.717, 1.165) is 28.2 Å². The quantitative estimate of drug-likeness (QED) is 0.485. The summed E-state index contributed by atoms with van der Waals surface area (Å²) in [5, 5.41) is 7.06. The van der Waals surface area contributed by atoms with Gasteiger partial charge in [-0.2, -0.15) is 0 Å². The molecule has 8 nitrogen and oxygen atoms in total. The van der Waals surface area contributed by atoms with Gasteiger partial charge in [0.05, 0.1) is 11.6 Å². The average molecular weight is 442 g/mol. The minimum atomic E-state index is -0.195. The van der Waals surface area contributed by atoms with Gasteiger partial charge in [-0.1, -0.05) is 5.16 Å². The largest absolute Gasteiger partial charge is 0.491 e. The van der Waals surface area contributed by atoms with Gasteiger partial charge in [-0.25, -0.2) is 0 Å². The fourth-order valence-corrected chi connectivity index (χ4v) is 3.89. The number of carbonyl (C=O) groups is 1. The molecule has 1 atom stereocenters. The third-order valence-corrected chi connectivity index (χ3v) is 5.40. The zero-order chi connectivity index (χ0) is 22.6. The fraction of sp³-hybridized carbons (Fsp3) is 0.200. The van der Waals surface area contributed by atoms with E-state index in [9.17, 15) is 4.79 Å². The van der Waals surface area contributed by atoms with Crippen molar-refractivity contribution in [1.82, 2.24) is 20.4 Å². The monoisotopic (exact) mass is 442 g/mol. The number of fused-ring (bicyclic) bond motifs is 1.